The Hall–Kier alpha value is -2.96. The molecule has 2 saturated heterocycles. The Kier molecular flexibility index (Phi) is 8.35. The zero-order valence-electron chi connectivity index (χ0n) is 22.5. The molecule has 1 atom stereocenters. The second-order valence-electron chi connectivity index (χ2n) is 10.8. The lowest BCUT2D eigenvalue weighted by atomic mass is 9.85. The van der Waals surface area contributed by atoms with Gasteiger partial charge in [-0.05, 0) is 43.7 Å². The number of anilines is 2. The van der Waals surface area contributed by atoms with Crippen molar-refractivity contribution in [2.75, 3.05) is 69.5 Å². The van der Waals surface area contributed by atoms with Crippen LogP contribution in [0.5, 0.6) is 0 Å². The van der Waals surface area contributed by atoms with Crippen molar-refractivity contribution in [3.8, 4) is 5.82 Å². The van der Waals surface area contributed by atoms with Crippen LogP contribution in [0, 0.1) is 5.92 Å². The first-order chi connectivity index (χ1) is 19.6. The number of nitrogens with one attached hydrogen (secondary N) is 1. The molecule has 1 saturated carbocycles. The number of benzene rings is 1. The fourth-order valence-corrected chi connectivity index (χ4v) is 6.17. The van der Waals surface area contributed by atoms with Crippen molar-refractivity contribution in [3.63, 3.8) is 0 Å². The number of halogens is 3. The summed E-state index contributed by atoms with van der Waals surface area (Å²) in [5.74, 6) is 1.16. The first-order valence-corrected chi connectivity index (χ1v) is 14.2. The van der Waals surface area contributed by atoms with Crippen molar-refractivity contribution >= 4 is 22.8 Å². The van der Waals surface area contributed by atoms with Gasteiger partial charge < -0.3 is 19.7 Å². The smallest absolute Gasteiger partial charge is 0.296 e. The summed E-state index contributed by atoms with van der Waals surface area (Å²) < 4.78 is 54.6. The minimum absolute atomic E-state index is 0.237. The summed E-state index contributed by atoms with van der Waals surface area (Å²) in [5.41, 5.74) is 0.983. The van der Waals surface area contributed by atoms with Crippen molar-refractivity contribution in [2.24, 2.45) is 5.92 Å². The largest absolute Gasteiger partial charge is 0.379 e. The molecule has 0 amide bonds. The molecule has 0 bridgehead atoms. The number of fused-ring (bicyclic) bond motifs is 1. The molecular weight excluding hydrogens is 523 g/mol. The molecule has 3 fully saturated rings. The predicted octanol–water partition coefficient (Wildman–Crippen LogP) is 4.23. The second kappa shape index (κ2) is 12.3. The van der Waals surface area contributed by atoms with Crippen molar-refractivity contribution < 1.29 is 22.6 Å². The molecule has 3 aromatic rings. The van der Waals surface area contributed by atoms with E-state index in [2.05, 4.69) is 20.2 Å². The van der Waals surface area contributed by atoms with E-state index in [1.54, 1.807) is 30.3 Å². The molecular formula is C28H36F3N7O2. The van der Waals surface area contributed by atoms with Crippen LogP contribution < -0.4 is 10.2 Å². The van der Waals surface area contributed by atoms with Crippen LogP contribution in [-0.2, 0) is 9.47 Å². The lowest BCUT2D eigenvalue weighted by Gasteiger charge is -2.38. The van der Waals surface area contributed by atoms with E-state index in [1.807, 2.05) is 4.90 Å². The van der Waals surface area contributed by atoms with Gasteiger partial charge in [-0.25, -0.2) is 18.2 Å². The average Bonchev–Trinajstić information content (AvgIpc) is 3.41. The van der Waals surface area contributed by atoms with Crippen LogP contribution in [0.2, 0.25) is 0 Å². The number of imidazole rings is 1. The zero-order valence-corrected chi connectivity index (χ0v) is 22.5. The SMILES string of the molecule is FC[C@@H]1COCCN1c1cc(-n2c(C(F)F)nc3ccccc32)nc(NCC2CCC(N3CCOCC3)CC2)n1. The van der Waals surface area contributed by atoms with Gasteiger partial charge in [0.05, 0.1) is 43.5 Å². The fourth-order valence-electron chi connectivity index (χ4n) is 6.17. The van der Waals surface area contributed by atoms with Crippen LogP contribution in [0.3, 0.4) is 0 Å². The van der Waals surface area contributed by atoms with Crippen LogP contribution in [0.4, 0.5) is 24.9 Å². The molecule has 3 aliphatic rings. The summed E-state index contributed by atoms with van der Waals surface area (Å²) in [6.45, 7) is 4.81. The molecule has 1 aromatic carbocycles. The maximum atomic E-state index is 14.2. The van der Waals surface area contributed by atoms with Gasteiger partial charge in [0.2, 0.25) is 5.95 Å². The molecule has 12 heteroatoms. The van der Waals surface area contributed by atoms with Crippen LogP contribution >= 0.6 is 0 Å². The van der Waals surface area contributed by atoms with Gasteiger partial charge in [0.1, 0.15) is 18.3 Å². The third-order valence-corrected chi connectivity index (χ3v) is 8.34. The Balaban J connectivity index is 1.27. The summed E-state index contributed by atoms with van der Waals surface area (Å²) >= 11 is 0. The average molecular weight is 560 g/mol. The fraction of sp³-hybridized carbons (Fsp3) is 0.607. The lowest BCUT2D eigenvalue weighted by molar-refractivity contribution is 0.00539. The monoisotopic (exact) mass is 559 g/mol. The van der Waals surface area contributed by atoms with Crippen LogP contribution in [0.15, 0.2) is 30.3 Å². The van der Waals surface area contributed by atoms with E-state index in [9.17, 15) is 13.2 Å². The van der Waals surface area contributed by atoms with Crippen LogP contribution in [-0.4, -0.2) is 95.8 Å². The van der Waals surface area contributed by atoms with E-state index in [-0.39, 0.29) is 18.2 Å². The number of aromatic nitrogens is 4. The number of para-hydroxylation sites is 2. The van der Waals surface area contributed by atoms with Crippen LogP contribution in [0.25, 0.3) is 16.9 Å². The minimum atomic E-state index is -2.80. The third-order valence-electron chi connectivity index (χ3n) is 8.34. The summed E-state index contributed by atoms with van der Waals surface area (Å²) in [5, 5.41) is 3.39. The van der Waals surface area contributed by atoms with E-state index in [4.69, 9.17) is 14.5 Å². The number of hydrogen-bond donors (Lipinski definition) is 1. The molecule has 2 aliphatic heterocycles. The van der Waals surface area contributed by atoms with Gasteiger partial charge in [0.25, 0.3) is 6.43 Å². The molecule has 9 nitrogen and oxygen atoms in total. The normalized spacial score (nSPS) is 24.6. The molecule has 0 unspecified atom stereocenters. The molecule has 40 heavy (non-hydrogen) atoms. The van der Waals surface area contributed by atoms with Gasteiger partial charge >= 0.3 is 0 Å². The van der Waals surface area contributed by atoms with Crippen molar-refractivity contribution in [1.82, 2.24) is 24.4 Å². The number of ether oxygens (including phenoxy) is 2. The van der Waals surface area contributed by atoms with E-state index < -0.39 is 19.1 Å². The third kappa shape index (κ3) is 5.75. The first-order valence-electron chi connectivity index (χ1n) is 14.2. The predicted molar refractivity (Wildman–Crippen MR) is 146 cm³/mol. The van der Waals surface area contributed by atoms with Crippen molar-refractivity contribution in [3.05, 3.63) is 36.2 Å². The Morgan fingerprint density at radius 3 is 2.45 bits per heavy atom. The van der Waals surface area contributed by atoms with Gasteiger partial charge in [0.15, 0.2) is 5.82 Å². The van der Waals surface area contributed by atoms with E-state index >= 15 is 0 Å². The molecule has 0 spiro atoms. The molecule has 216 valence electrons. The highest BCUT2D eigenvalue weighted by molar-refractivity contribution is 5.78. The Labute approximate surface area is 231 Å². The minimum Gasteiger partial charge on any atom is -0.379 e. The Bertz CT molecular complexity index is 1280. The number of hydrogen-bond acceptors (Lipinski definition) is 8. The number of rotatable bonds is 8. The molecule has 2 aromatic heterocycles. The topological polar surface area (TPSA) is 80.6 Å². The quantitative estimate of drug-likeness (QED) is 0.439. The molecule has 1 aliphatic carbocycles. The number of nitrogens with zero attached hydrogens (tertiary/aromatic N) is 6. The van der Waals surface area contributed by atoms with E-state index in [0.717, 1.165) is 52.0 Å². The molecule has 6 rings (SSSR count). The van der Waals surface area contributed by atoms with Crippen molar-refractivity contribution in [1.29, 1.82) is 0 Å². The molecule has 4 heterocycles. The highest BCUT2D eigenvalue weighted by Crippen LogP contribution is 2.31. The molecule has 0 radical (unpaired) electrons. The van der Waals surface area contributed by atoms with Crippen LogP contribution in [0.1, 0.15) is 37.9 Å². The highest BCUT2D eigenvalue weighted by atomic mass is 19.3. The standard InChI is InChI=1S/C28H36F3N7O2/c29-16-21-18-40-14-11-37(21)24-15-25(38-23-4-2-1-3-22(23)33-27(38)26(30)31)35-28(34-24)32-17-19-5-7-20(8-6-19)36-9-12-39-13-10-36/h1-4,15,19-21,26H,5-14,16-18H2,(H,32,34,35)/t19?,20?,21-/m1/s1. The van der Waals surface area contributed by atoms with Gasteiger partial charge in [-0.15, -0.1) is 0 Å². The summed E-state index contributed by atoms with van der Waals surface area (Å²) in [6.07, 6.45) is 1.67. The maximum absolute atomic E-state index is 14.2. The highest BCUT2D eigenvalue weighted by Gasteiger charge is 2.29. The summed E-state index contributed by atoms with van der Waals surface area (Å²) in [6, 6.07) is 8.74. The second-order valence-corrected chi connectivity index (χ2v) is 10.8. The van der Waals surface area contributed by atoms with E-state index in [1.165, 1.54) is 4.57 Å². The van der Waals surface area contributed by atoms with E-state index in [0.29, 0.717) is 54.5 Å². The maximum Gasteiger partial charge on any atom is 0.296 e. The summed E-state index contributed by atoms with van der Waals surface area (Å²) in [7, 11) is 0. The first kappa shape index (κ1) is 27.2. The Morgan fingerprint density at radius 1 is 0.925 bits per heavy atom. The lowest BCUT2D eigenvalue weighted by Crippen LogP contribution is -2.47. The zero-order chi connectivity index (χ0) is 27.5. The van der Waals surface area contributed by atoms with Gasteiger partial charge in [-0.2, -0.15) is 9.97 Å². The molecule has 1 N–H and O–H groups in total. The summed E-state index contributed by atoms with van der Waals surface area (Å²) in [4.78, 5) is 18.0. The van der Waals surface area contributed by atoms with Gasteiger partial charge in [-0.1, -0.05) is 12.1 Å². The van der Waals surface area contributed by atoms with Crippen molar-refractivity contribution in [2.45, 2.75) is 44.2 Å². The van der Waals surface area contributed by atoms with Gasteiger partial charge in [-0.3, -0.25) is 9.47 Å². The van der Waals surface area contributed by atoms with Gasteiger partial charge in [0, 0.05) is 38.3 Å². The Morgan fingerprint density at radius 2 is 1.68 bits per heavy atom. The number of morpholine rings is 2. The number of alkyl halides is 3.